The smallest absolute Gasteiger partial charge is 0.307 e. The maximum Gasteiger partial charge on any atom is 0.307 e. The van der Waals surface area contributed by atoms with Crippen molar-refractivity contribution in [2.45, 2.75) is 46.2 Å². The first-order valence-corrected chi connectivity index (χ1v) is 7.11. The number of hydrogen-bond acceptors (Lipinski definition) is 4. The standard InChI is InChI=1S/C14H23NO2S/c1-14(2,3)9-11(8-13(16)17-4)15-10-12-6-5-7-18-12/h5-7,11,15H,8-10H2,1-4H3. The normalized spacial score (nSPS) is 13.3. The van der Waals surface area contributed by atoms with Gasteiger partial charge in [0, 0.05) is 17.5 Å². The monoisotopic (exact) mass is 269 g/mol. The third-order valence-electron chi connectivity index (χ3n) is 2.64. The molecule has 1 N–H and O–H groups in total. The van der Waals surface area contributed by atoms with Gasteiger partial charge in [0.15, 0.2) is 0 Å². The largest absolute Gasteiger partial charge is 0.469 e. The molecule has 0 fully saturated rings. The van der Waals surface area contributed by atoms with Crippen LogP contribution in [0, 0.1) is 5.41 Å². The van der Waals surface area contributed by atoms with Gasteiger partial charge >= 0.3 is 5.97 Å². The Hall–Kier alpha value is -0.870. The van der Waals surface area contributed by atoms with Crippen LogP contribution in [0.5, 0.6) is 0 Å². The Morgan fingerprint density at radius 1 is 1.50 bits per heavy atom. The zero-order valence-electron chi connectivity index (χ0n) is 11.7. The van der Waals surface area contributed by atoms with Crippen molar-refractivity contribution in [2.24, 2.45) is 5.41 Å². The zero-order chi connectivity index (χ0) is 13.6. The first-order valence-electron chi connectivity index (χ1n) is 6.23. The summed E-state index contributed by atoms with van der Waals surface area (Å²) in [7, 11) is 1.44. The van der Waals surface area contributed by atoms with Crippen LogP contribution in [0.2, 0.25) is 0 Å². The van der Waals surface area contributed by atoms with Crippen molar-refractivity contribution in [2.75, 3.05) is 7.11 Å². The molecule has 0 radical (unpaired) electrons. The molecule has 0 aliphatic carbocycles. The SMILES string of the molecule is COC(=O)CC(CC(C)(C)C)NCc1cccs1. The number of ether oxygens (including phenoxy) is 1. The molecule has 18 heavy (non-hydrogen) atoms. The van der Waals surface area contributed by atoms with E-state index in [1.807, 2.05) is 6.07 Å². The summed E-state index contributed by atoms with van der Waals surface area (Å²) in [5, 5.41) is 5.52. The van der Waals surface area contributed by atoms with E-state index in [2.05, 4.69) is 37.5 Å². The lowest BCUT2D eigenvalue weighted by atomic mass is 9.87. The fourth-order valence-corrected chi connectivity index (χ4v) is 2.55. The molecule has 0 aliphatic rings. The highest BCUT2D eigenvalue weighted by molar-refractivity contribution is 7.09. The zero-order valence-corrected chi connectivity index (χ0v) is 12.5. The van der Waals surface area contributed by atoms with Gasteiger partial charge in [0.1, 0.15) is 0 Å². The number of hydrogen-bond donors (Lipinski definition) is 1. The third-order valence-corrected chi connectivity index (χ3v) is 3.52. The summed E-state index contributed by atoms with van der Waals surface area (Å²) in [6.45, 7) is 7.37. The second-order valence-corrected chi connectivity index (χ2v) is 6.73. The average Bonchev–Trinajstić information content (AvgIpc) is 2.76. The van der Waals surface area contributed by atoms with E-state index < -0.39 is 0 Å². The molecule has 1 heterocycles. The highest BCUT2D eigenvalue weighted by Gasteiger charge is 2.21. The fraction of sp³-hybridized carbons (Fsp3) is 0.643. The number of rotatable bonds is 6. The molecule has 4 heteroatoms. The predicted molar refractivity (Wildman–Crippen MR) is 75.7 cm³/mol. The van der Waals surface area contributed by atoms with E-state index in [4.69, 9.17) is 4.74 Å². The van der Waals surface area contributed by atoms with Gasteiger partial charge in [0.05, 0.1) is 13.5 Å². The van der Waals surface area contributed by atoms with Gasteiger partial charge < -0.3 is 10.1 Å². The van der Waals surface area contributed by atoms with Gasteiger partial charge in [0.25, 0.3) is 0 Å². The molecule has 0 amide bonds. The Morgan fingerprint density at radius 2 is 2.22 bits per heavy atom. The van der Waals surface area contributed by atoms with E-state index in [1.54, 1.807) is 11.3 Å². The number of carbonyl (C=O) groups excluding carboxylic acids is 1. The van der Waals surface area contributed by atoms with Gasteiger partial charge in [-0.25, -0.2) is 0 Å². The van der Waals surface area contributed by atoms with Crippen LogP contribution in [-0.2, 0) is 16.1 Å². The summed E-state index contributed by atoms with van der Waals surface area (Å²) in [4.78, 5) is 12.7. The molecule has 0 aromatic carbocycles. The van der Waals surface area contributed by atoms with Gasteiger partial charge in [-0.2, -0.15) is 0 Å². The van der Waals surface area contributed by atoms with Gasteiger partial charge in [-0.3, -0.25) is 4.79 Å². The molecule has 0 saturated carbocycles. The Labute approximate surface area is 114 Å². The van der Waals surface area contributed by atoms with Crippen molar-refractivity contribution in [3.8, 4) is 0 Å². The second-order valence-electron chi connectivity index (χ2n) is 5.70. The maximum absolute atomic E-state index is 11.4. The van der Waals surface area contributed by atoms with Crippen molar-refractivity contribution < 1.29 is 9.53 Å². The summed E-state index contributed by atoms with van der Waals surface area (Å²) in [6.07, 6.45) is 1.38. The molecule has 1 atom stereocenters. The van der Waals surface area contributed by atoms with Crippen molar-refractivity contribution in [3.05, 3.63) is 22.4 Å². The van der Waals surface area contributed by atoms with Crippen LogP contribution in [0.15, 0.2) is 17.5 Å². The van der Waals surface area contributed by atoms with E-state index in [-0.39, 0.29) is 17.4 Å². The topological polar surface area (TPSA) is 38.3 Å². The Kier molecular flexibility index (Phi) is 5.82. The highest BCUT2D eigenvalue weighted by Crippen LogP contribution is 2.23. The molecule has 1 aromatic heterocycles. The van der Waals surface area contributed by atoms with Crippen LogP contribution < -0.4 is 5.32 Å². The van der Waals surface area contributed by atoms with Gasteiger partial charge in [0.2, 0.25) is 0 Å². The summed E-state index contributed by atoms with van der Waals surface area (Å²) in [5.74, 6) is -0.150. The van der Waals surface area contributed by atoms with Crippen LogP contribution in [0.3, 0.4) is 0 Å². The van der Waals surface area contributed by atoms with Crippen LogP contribution >= 0.6 is 11.3 Å². The summed E-state index contributed by atoms with van der Waals surface area (Å²) >= 11 is 1.73. The Balaban J connectivity index is 2.51. The lowest BCUT2D eigenvalue weighted by Gasteiger charge is -2.26. The lowest BCUT2D eigenvalue weighted by Crippen LogP contribution is -2.34. The average molecular weight is 269 g/mol. The third kappa shape index (κ3) is 6.17. The van der Waals surface area contributed by atoms with E-state index in [0.717, 1.165) is 13.0 Å². The van der Waals surface area contributed by atoms with Crippen LogP contribution in [0.1, 0.15) is 38.5 Å². The summed E-state index contributed by atoms with van der Waals surface area (Å²) in [5.41, 5.74) is 0.196. The number of thiophene rings is 1. The van der Waals surface area contributed by atoms with E-state index >= 15 is 0 Å². The van der Waals surface area contributed by atoms with E-state index in [9.17, 15) is 4.79 Å². The van der Waals surface area contributed by atoms with Crippen molar-refractivity contribution in [3.63, 3.8) is 0 Å². The molecule has 0 spiro atoms. The lowest BCUT2D eigenvalue weighted by molar-refractivity contribution is -0.141. The number of nitrogens with one attached hydrogen (secondary N) is 1. The minimum atomic E-state index is -0.150. The number of methoxy groups -OCH3 is 1. The molecular weight excluding hydrogens is 246 g/mol. The van der Waals surface area contributed by atoms with Gasteiger partial charge in [-0.05, 0) is 23.3 Å². The van der Waals surface area contributed by atoms with Crippen molar-refractivity contribution in [1.29, 1.82) is 0 Å². The van der Waals surface area contributed by atoms with Crippen LogP contribution in [0.4, 0.5) is 0 Å². The van der Waals surface area contributed by atoms with E-state index in [1.165, 1.54) is 12.0 Å². The minimum absolute atomic E-state index is 0.150. The first kappa shape index (κ1) is 15.2. The maximum atomic E-state index is 11.4. The molecule has 0 saturated heterocycles. The Morgan fingerprint density at radius 3 is 2.72 bits per heavy atom. The van der Waals surface area contributed by atoms with Gasteiger partial charge in [-0.15, -0.1) is 11.3 Å². The second kappa shape index (κ2) is 6.90. The summed E-state index contributed by atoms with van der Waals surface area (Å²) < 4.78 is 4.76. The van der Waals surface area contributed by atoms with Crippen LogP contribution in [-0.4, -0.2) is 19.1 Å². The molecule has 102 valence electrons. The molecule has 1 unspecified atom stereocenters. The van der Waals surface area contributed by atoms with Gasteiger partial charge in [-0.1, -0.05) is 26.8 Å². The number of carbonyl (C=O) groups is 1. The molecular formula is C14H23NO2S. The first-order chi connectivity index (χ1) is 8.40. The van der Waals surface area contributed by atoms with Crippen molar-refractivity contribution >= 4 is 17.3 Å². The molecule has 1 rings (SSSR count). The Bertz CT molecular complexity index is 354. The van der Waals surface area contributed by atoms with E-state index in [0.29, 0.717) is 6.42 Å². The predicted octanol–water partition coefficient (Wildman–Crippen LogP) is 3.21. The minimum Gasteiger partial charge on any atom is -0.469 e. The van der Waals surface area contributed by atoms with Crippen LogP contribution in [0.25, 0.3) is 0 Å². The quantitative estimate of drug-likeness (QED) is 0.806. The molecule has 0 aliphatic heterocycles. The van der Waals surface area contributed by atoms with Crippen molar-refractivity contribution in [1.82, 2.24) is 5.32 Å². The molecule has 1 aromatic rings. The highest BCUT2D eigenvalue weighted by atomic mass is 32.1. The number of esters is 1. The fourth-order valence-electron chi connectivity index (χ4n) is 1.90. The summed E-state index contributed by atoms with van der Waals surface area (Å²) in [6, 6.07) is 4.31. The molecule has 0 bridgehead atoms. The molecule has 3 nitrogen and oxygen atoms in total.